The summed E-state index contributed by atoms with van der Waals surface area (Å²) >= 11 is 2.85. The lowest BCUT2D eigenvalue weighted by Gasteiger charge is -2.03. The first-order valence-corrected chi connectivity index (χ1v) is 11.4. The van der Waals surface area contributed by atoms with Gasteiger partial charge in [0.25, 0.3) is 0 Å². The van der Waals surface area contributed by atoms with Crippen LogP contribution in [0.5, 0.6) is 11.5 Å². The van der Waals surface area contributed by atoms with Crippen LogP contribution < -0.4 is 20.1 Å². The summed E-state index contributed by atoms with van der Waals surface area (Å²) in [7, 11) is 3.27. The maximum absolute atomic E-state index is 12.5. The molecule has 0 atom stereocenters. The molecular formula is C23H22N4O3S2. The molecule has 164 valence electrons. The molecule has 0 aliphatic carbocycles. The average molecular weight is 467 g/mol. The highest BCUT2D eigenvalue weighted by molar-refractivity contribution is 7.16. The van der Waals surface area contributed by atoms with Crippen molar-refractivity contribution in [3.05, 3.63) is 58.3 Å². The minimum absolute atomic E-state index is 0.380. The Labute approximate surface area is 194 Å². The van der Waals surface area contributed by atoms with Crippen LogP contribution in [0.2, 0.25) is 0 Å². The second-order valence-corrected chi connectivity index (χ2v) is 9.29. The Hall–Kier alpha value is -3.43. The van der Waals surface area contributed by atoms with Gasteiger partial charge in [0.05, 0.1) is 25.6 Å². The number of anilines is 2. The summed E-state index contributed by atoms with van der Waals surface area (Å²) < 4.78 is 10.4. The highest BCUT2D eigenvalue weighted by atomic mass is 32.1. The van der Waals surface area contributed by atoms with Crippen molar-refractivity contribution in [2.75, 3.05) is 24.9 Å². The molecule has 0 fully saturated rings. The minimum Gasteiger partial charge on any atom is -0.497 e. The van der Waals surface area contributed by atoms with Crippen LogP contribution in [-0.2, 0) is 0 Å². The molecule has 2 N–H and O–H groups in total. The molecule has 7 nitrogen and oxygen atoms in total. The van der Waals surface area contributed by atoms with Gasteiger partial charge in [-0.25, -0.2) is 14.8 Å². The van der Waals surface area contributed by atoms with Gasteiger partial charge in [0.1, 0.15) is 11.5 Å². The quantitative estimate of drug-likeness (QED) is 0.353. The average Bonchev–Trinajstić information content (AvgIpc) is 3.35. The third kappa shape index (κ3) is 4.74. The number of hydrogen-bond acceptors (Lipinski definition) is 7. The lowest BCUT2D eigenvalue weighted by Crippen LogP contribution is -2.19. The summed E-state index contributed by atoms with van der Waals surface area (Å²) in [5.74, 6) is 1.57. The summed E-state index contributed by atoms with van der Waals surface area (Å²) in [4.78, 5) is 23.7. The Bertz CT molecular complexity index is 1140. The number of amides is 2. The van der Waals surface area contributed by atoms with Gasteiger partial charge < -0.3 is 9.47 Å². The predicted octanol–water partition coefficient (Wildman–Crippen LogP) is 6.21. The molecule has 0 saturated heterocycles. The molecule has 4 rings (SSSR count). The van der Waals surface area contributed by atoms with Crippen LogP contribution >= 0.6 is 22.7 Å². The second-order valence-electron chi connectivity index (χ2n) is 6.88. The standard InChI is InChI=1S/C23H22N4O3S2/c1-13-19(15-5-9-17(29-3)10-6-15)24-22(31-13)26-21(28)27-23-25-20(14(2)32-23)16-7-11-18(30-4)12-8-16/h5-12H,1-4H3,(H2,24,25,26,27,28). The number of thiazole rings is 2. The molecular weight excluding hydrogens is 444 g/mol. The molecule has 2 heterocycles. The van der Waals surface area contributed by atoms with E-state index in [1.54, 1.807) is 14.2 Å². The molecule has 4 aromatic rings. The molecule has 2 amide bonds. The zero-order valence-electron chi connectivity index (χ0n) is 18.1. The Morgan fingerprint density at radius 2 is 1.09 bits per heavy atom. The Kier molecular flexibility index (Phi) is 6.38. The van der Waals surface area contributed by atoms with Crippen molar-refractivity contribution in [2.45, 2.75) is 13.8 Å². The van der Waals surface area contributed by atoms with Crippen molar-refractivity contribution < 1.29 is 14.3 Å². The van der Waals surface area contributed by atoms with Crippen molar-refractivity contribution in [1.29, 1.82) is 0 Å². The largest absolute Gasteiger partial charge is 0.497 e. The van der Waals surface area contributed by atoms with Crippen LogP contribution in [-0.4, -0.2) is 30.2 Å². The highest BCUT2D eigenvalue weighted by Gasteiger charge is 2.15. The first-order valence-electron chi connectivity index (χ1n) is 9.78. The van der Waals surface area contributed by atoms with Crippen LogP contribution in [0.25, 0.3) is 22.5 Å². The van der Waals surface area contributed by atoms with Crippen LogP contribution in [0, 0.1) is 13.8 Å². The molecule has 9 heteroatoms. The molecule has 0 unspecified atom stereocenters. The topological polar surface area (TPSA) is 85.4 Å². The minimum atomic E-state index is -0.380. The van der Waals surface area contributed by atoms with E-state index in [1.165, 1.54) is 22.7 Å². The molecule has 0 radical (unpaired) electrons. The number of hydrogen-bond donors (Lipinski definition) is 2. The van der Waals surface area contributed by atoms with E-state index in [2.05, 4.69) is 20.6 Å². The van der Waals surface area contributed by atoms with Crippen LogP contribution in [0.4, 0.5) is 15.1 Å². The number of aryl methyl sites for hydroxylation is 2. The van der Waals surface area contributed by atoms with Gasteiger partial charge in [0.2, 0.25) is 0 Å². The van der Waals surface area contributed by atoms with Gasteiger partial charge in [-0.15, -0.1) is 22.7 Å². The van der Waals surface area contributed by atoms with E-state index in [4.69, 9.17) is 9.47 Å². The lowest BCUT2D eigenvalue weighted by atomic mass is 10.1. The summed E-state index contributed by atoms with van der Waals surface area (Å²) in [6.45, 7) is 3.96. The van der Waals surface area contributed by atoms with Gasteiger partial charge in [0.15, 0.2) is 10.3 Å². The fourth-order valence-corrected chi connectivity index (χ4v) is 4.82. The van der Waals surface area contributed by atoms with Gasteiger partial charge in [-0.3, -0.25) is 10.6 Å². The molecule has 2 aromatic heterocycles. The number of benzene rings is 2. The Morgan fingerprint density at radius 3 is 1.44 bits per heavy atom. The van der Waals surface area contributed by atoms with Crippen LogP contribution in [0.15, 0.2) is 48.5 Å². The SMILES string of the molecule is COc1ccc(-c2nc(NC(=O)Nc3nc(-c4ccc(OC)cc4)c(C)s3)sc2C)cc1. The van der Waals surface area contributed by atoms with Gasteiger partial charge >= 0.3 is 6.03 Å². The number of methoxy groups -OCH3 is 2. The molecule has 32 heavy (non-hydrogen) atoms. The van der Waals surface area contributed by atoms with Gasteiger partial charge in [-0.2, -0.15) is 0 Å². The lowest BCUT2D eigenvalue weighted by molar-refractivity contribution is 0.262. The molecule has 0 aliphatic heterocycles. The van der Waals surface area contributed by atoms with E-state index in [-0.39, 0.29) is 6.03 Å². The molecule has 0 spiro atoms. The molecule has 0 saturated carbocycles. The fourth-order valence-electron chi connectivity index (χ4n) is 3.16. The summed E-state index contributed by atoms with van der Waals surface area (Å²) in [6.07, 6.45) is 0. The second kappa shape index (κ2) is 9.37. The number of carbonyl (C=O) groups is 1. The third-order valence-electron chi connectivity index (χ3n) is 4.76. The van der Waals surface area contributed by atoms with E-state index >= 15 is 0 Å². The van der Waals surface area contributed by atoms with Gasteiger partial charge in [-0.05, 0) is 62.4 Å². The number of carbonyl (C=O) groups excluding carboxylic acids is 1. The van der Waals surface area contributed by atoms with Crippen molar-refractivity contribution in [1.82, 2.24) is 9.97 Å². The number of nitrogens with zero attached hydrogens (tertiary/aromatic N) is 2. The van der Waals surface area contributed by atoms with Crippen molar-refractivity contribution in [3.8, 4) is 34.0 Å². The third-order valence-corrected chi connectivity index (χ3v) is 6.53. The zero-order valence-corrected chi connectivity index (χ0v) is 19.7. The van der Waals surface area contributed by atoms with E-state index in [1.807, 2.05) is 62.4 Å². The Morgan fingerprint density at radius 1 is 0.719 bits per heavy atom. The first kappa shape index (κ1) is 21.8. The van der Waals surface area contributed by atoms with Crippen molar-refractivity contribution >= 4 is 39.0 Å². The van der Waals surface area contributed by atoms with Crippen LogP contribution in [0.3, 0.4) is 0 Å². The van der Waals surface area contributed by atoms with Crippen molar-refractivity contribution in [3.63, 3.8) is 0 Å². The van der Waals surface area contributed by atoms with E-state index in [9.17, 15) is 4.79 Å². The highest BCUT2D eigenvalue weighted by Crippen LogP contribution is 2.33. The Balaban J connectivity index is 1.45. The van der Waals surface area contributed by atoms with Gasteiger partial charge in [-0.1, -0.05) is 0 Å². The maximum atomic E-state index is 12.5. The fraction of sp³-hybridized carbons (Fsp3) is 0.174. The molecule has 2 aromatic carbocycles. The van der Waals surface area contributed by atoms with E-state index in [0.29, 0.717) is 10.3 Å². The number of aromatic nitrogens is 2. The normalized spacial score (nSPS) is 10.6. The predicted molar refractivity (Wildman–Crippen MR) is 130 cm³/mol. The van der Waals surface area contributed by atoms with E-state index < -0.39 is 0 Å². The zero-order chi connectivity index (χ0) is 22.7. The molecule has 0 bridgehead atoms. The molecule has 0 aliphatic rings. The number of urea groups is 1. The van der Waals surface area contributed by atoms with Gasteiger partial charge in [0, 0.05) is 20.9 Å². The monoisotopic (exact) mass is 466 g/mol. The maximum Gasteiger partial charge on any atom is 0.327 e. The number of rotatable bonds is 6. The number of nitrogens with one attached hydrogen (secondary N) is 2. The smallest absolute Gasteiger partial charge is 0.327 e. The summed E-state index contributed by atoms with van der Waals surface area (Å²) in [6, 6.07) is 15.0. The number of ether oxygens (including phenoxy) is 2. The van der Waals surface area contributed by atoms with Crippen LogP contribution in [0.1, 0.15) is 9.75 Å². The van der Waals surface area contributed by atoms with Crippen molar-refractivity contribution in [2.24, 2.45) is 0 Å². The summed E-state index contributed by atoms with van der Waals surface area (Å²) in [5, 5.41) is 6.67. The summed E-state index contributed by atoms with van der Waals surface area (Å²) in [5.41, 5.74) is 3.60. The first-order chi connectivity index (χ1) is 15.5. The van der Waals surface area contributed by atoms with E-state index in [0.717, 1.165) is 43.8 Å².